The molecule has 3 rings (SSSR count). The second-order valence-corrected chi connectivity index (χ2v) is 6.65. The predicted octanol–water partition coefficient (Wildman–Crippen LogP) is 3.52. The summed E-state index contributed by atoms with van der Waals surface area (Å²) >= 11 is 0. The molecule has 0 aliphatic heterocycles. The van der Waals surface area contributed by atoms with E-state index in [1.165, 1.54) is 0 Å². The van der Waals surface area contributed by atoms with Crippen molar-refractivity contribution in [3.05, 3.63) is 66.2 Å². The molecule has 8 heteroatoms. The summed E-state index contributed by atoms with van der Waals surface area (Å²) in [6.07, 6.45) is 0. The SMILES string of the molecule is CNC.CNc1cc(OC)c(N=C(N)c2ccc(Nc3ccccc3)cc2N)cc1N. The summed E-state index contributed by atoms with van der Waals surface area (Å²) in [5.41, 5.74) is 23.3. The molecule has 0 aliphatic carbocycles. The van der Waals surface area contributed by atoms with Crippen molar-refractivity contribution in [3.8, 4) is 5.75 Å². The highest BCUT2D eigenvalue weighted by Gasteiger charge is 2.11. The summed E-state index contributed by atoms with van der Waals surface area (Å²) in [6.45, 7) is 0. The minimum absolute atomic E-state index is 0.277. The van der Waals surface area contributed by atoms with Crippen molar-refractivity contribution in [2.45, 2.75) is 0 Å². The zero-order valence-electron chi connectivity index (χ0n) is 18.4. The minimum Gasteiger partial charge on any atom is -0.494 e. The molecule has 0 aromatic heterocycles. The maximum atomic E-state index is 6.21. The number of amidine groups is 1. The Labute approximate surface area is 183 Å². The largest absolute Gasteiger partial charge is 0.494 e. The van der Waals surface area contributed by atoms with Gasteiger partial charge >= 0.3 is 0 Å². The lowest BCUT2D eigenvalue weighted by atomic mass is 10.1. The summed E-state index contributed by atoms with van der Waals surface area (Å²) in [7, 11) is 7.10. The molecule has 0 unspecified atom stereocenters. The van der Waals surface area contributed by atoms with Gasteiger partial charge in [0.2, 0.25) is 0 Å². The van der Waals surface area contributed by atoms with E-state index >= 15 is 0 Å². The average Bonchev–Trinajstić information content (AvgIpc) is 2.75. The van der Waals surface area contributed by atoms with Crippen molar-refractivity contribution < 1.29 is 4.74 Å². The van der Waals surface area contributed by atoms with Gasteiger partial charge in [-0.25, -0.2) is 4.99 Å². The molecule has 3 aromatic carbocycles. The zero-order valence-corrected chi connectivity index (χ0v) is 18.4. The highest BCUT2D eigenvalue weighted by Crippen LogP contribution is 2.35. The number of para-hydroxylation sites is 1. The topological polar surface area (TPSA) is 136 Å². The molecule has 8 nitrogen and oxygen atoms in total. The van der Waals surface area contributed by atoms with Gasteiger partial charge in [0.05, 0.1) is 18.5 Å². The van der Waals surface area contributed by atoms with Crippen LogP contribution < -0.4 is 37.9 Å². The molecule has 31 heavy (non-hydrogen) atoms. The molecule has 0 aliphatic rings. The van der Waals surface area contributed by atoms with Crippen molar-refractivity contribution >= 4 is 40.0 Å². The third-order valence-corrected chi connectivity index (χ3v) is 4.25. The fraction of sp³-hybridized carbons (Fsp3) is 0.174. The number of aliphatic imine (C=N–C) groups is 1. The van der Waals surface area contributed by atoms with E-state index in [9.17, 15) is 0 Å². The lowest BCUT2D eigenvalue weighted by Gasteiger charge is -2.13. The Bertz CT molecular complexity index is 1020. The first-order valence-corrected chi connectivity index (χ1v) is 9.73. The average molecular weight is 422 g/mol. The summed E-state index contributed by atoms with van der Waals surface area (Å²) in [5.74, 6) is 0.834. The molecule has 0 saturated carbocycles. The number of hydrogen-bond donors (Lipinski definition) is 6. The summed E-state index contributed by atoms with van der Waals surface area (Å²) in [6, 6.07) is 18.9. The van der Waals surface area contributed by atoms with Crippen molar-refractivity contribution in [1.82, 2.24) is 5.32 Å². The fourth-order valence-electron chi connectivity index (χ4n) is 2.80. The van der Waals surface area contributed by atoms with Gasteiger partial charge in [-0.3, -0.25) is 0 Å². The molecular weight excluding hydrogens is 390 g/mol. The fourth-order valence-corrected chi connectivity index (χ4v) is 2.80. The maximum Gasteiger partial charge on any atom is 0.146 e. The Balaban J connectivity index is 0.00000107. The van der Waals surface area contributed by atoms with Crippen LogP contribution in [0.4, 0.5) is 34.1 Å². The van der Waals surface area contributed by atoms with E-state index in [4.69, 9.17) is 21.9 Å². The lowest BCUT2D eigenvalue weighted by molar-refractivity contribution is 0.416. The Hall–Kier alpha value is -3.91. The number of nitrogens with zero attached hydrogens (tertiary/aromatic N) is 1. The number of nitrogens with two attached hydrogens (primary N) is 3. The van der Waals surface area contributed by atoms with E-state index in [1.807, 2.05) is 62.6 Å². The molecule has 0 fully saturated rings. The van der Waals surface area contributed by atoms with Crippen LogP contribution >= 0.6 is 0 Å². The van der Waals surface area contributed by atoms with Crippen molar-refractivity contribution in [2.75, 3.05) is 50.4 Å². The molecule has 9 N–H and O–H groups in total. The van der Waals surface area contributed by atoms with E-state index in [-0.39, 0.29) is 5.84 Å². The van der Waals surface area contributed by atoms with Gasteiger partial charge in [0.25, 0.3) is 0 Å². The Morgan fingerprint density at radius 3 is 2.13 bits per heavy atom. The lowest BCUT2D eigenvalue weighted by Crippen LogP contribution is -2.15. The zero-order chi connectivity index (χ0) is 22.8. The van der Waals surface area contributed by atoms with Crippen LogP contribution in [-0.2, 0) is 0 Å². The number of rotatable bonds is 6. The number of ether oxygens (including phenoxy) is 1. The molecule has 0 atom stereocenters. The van der Waals surface area contributed by atoms with E-state index in [0.29, 0.717) is 28.4 Å². The molecular formula is C23H31N7O. The third-order valence-electron chi connectivity index (χ3n) is 4.25. The van der Waals surface area contributed by atoms with E-state index in [2.05, 4.69) is 20.9 Å². The second-order valence-electron chi connectivity index (χ2n) is 6.65. The van der Waals surface area contributed by atoms with Gasteiger partial charge in [-0.05, 0) is 50.5 Å². The number of anilines is 5. The molecule has 0 saturated heterocycles. The third kappa shape index (κ3) is 6.28. The smallest absolute Gasteiger partial charge is 0.146 e. The number of nitrogen functional groups attached to an aromatic ring is 2. The van der Waals surface area contributed by atoms with Crippen molar-refractivity contribution in [1.29, 1.82) is 0 Å². The molecule has 164 valence electrons. The number of nitrogens with one attached hydrogen (secondary N) is 3. The summed E-state index contributed by atoms with van der Waals surface area (Å²) in [5, 5.41) is 9.05. The standard InChI is InChI=1S/C21H24N6O.C2H7N/c1-25-18-12-20(28-2)19(11-17(18)23)27-21(24)15-9-8-14(10-16(15)22)26-13-6-4-3-5-7-13;1-3-2/h3-12,25-26H,22-23H2,1-2H3,(H2,24,27);3H,1-2H3. The number of hydrogen-bond acceptors (Lipinski definition) is 7. The van der Waals surface area contributed by atoms with Crippen LogP contribution in [0, 0.1) is 0 Å². The van der Waals surface area contributed by atoms with Crippen molar-refractivity contribution in [2.24, 2.45) is 10.7 Å². The van der Waals surface area contributed by atoms with Gasteiger partial charge in [0, 0.05) is 35.7 Å². The first kappa shape index (κ1) is 23.4. The van der Waals surface area contributed by atoms with Crippen LogP contribution in [0.5, 0.6) is 5.75 Å². The van der Waals surface area contributed by atoms with Gasteiger partial charge in [0.15, 0.2) is 0 Å². The van der Waals surface area contributed by atoms with Crippen LogP contribution in [0.15, 0.2) is 65.7 Å². The van der Waals surface area contributed by atoms with E-state index in [0.717, 1.165) is 17.1 Å². The Morgan fingerprint density at radius 1 is 0.871 bits per heavy atom. The van der Waals surface area contributed by atoms with E-state index < -0.39 is 0 Å². The molecule has 0 bridgehead atoms. The predicted molar refractivity (Wildman–Crippen MR) is 133 cm³/mol. The normalized spacial score (nSPS) is 10.6. The van der Waals surface area contributed by atoms with Crippen LogP contribution in [0.25, 0.3) is 0 Å². The van der Waals surface area contributed by atoms with Crippen LogP contribution in [-0.4, -0.2) is 34.1 Å². The first-order valence-electron chi connectivity index (χ1n) is 9.73. The van der Waals surface area contributed by atoms with Crippen LogP contribution in [0.3, 0.4) is 0 Å². The molecule has 0 heterocycles. The Kier molecular flexibility index (Phi) is 8.53. The number of benzene rings is 3. The Morgan fingerprint density at radius 2 is 1.55 bits per heavy atom. The molecule has 0 amide bonds. The highest BCUT2D eigenvalue weighted by atomic mass is 16.5. The number of methoxy groups -OCH3 is 1. The first-order chi connectivity index (χ1) is 14.9. The van der Waals surface area contributed by atoms with Gasteiger partial charge < -0.3 is 37.9 Å². The minimum atomic E-state index is 0.277. The van der Waals surface area contributed by atoms with Crippen LogP contribution in [0.2, 0.25) is 0 Å². The van der Waals surface area contributed by atoms with Gasteiger partial charge in [-0.2, -0.15) is 0 Å². The highest BCUT2D eigenvalue weighted by molar-refractivity contribution is 6.04. The summed E-state index contributed by atoms with van der Waals surface area (Å²) < 4.78 is 5.40. The second kappa shape index (κ2) is 11.3. The van der Waals surface area contributed by atoms with E-state index in [1.54, 1.807) is 26.3 Å². The van der Waals surface area contributed by atoms with Gasteiger partial charge in [-0.1, -0.05) is 18.2 Å². The van der Waals surface area contributed by atoms with Gasteiger partial charge in [-0.15, -0.1) is 0 Å². The quantitative estimate of drug-likeness (QED) is 0.204. The maximum absolute atomic E-state index is 6.21. The monoisotopic (exact) mass is 421 g/mol. The van der Waals surface area contributed by atoms with Crippen molar-refractivity contribution in [3.63, 3.8) is 0 Å². The van der Waals surface area contributed by atoms with Gasteiger partial charge in [0.1, 0.15) is 17.3 Å². The summed E-state index contributed by atoms with van der Waals surface area (Å²) in [4.78, 5) is 4.47. The molecule has 3 aromatic rings. The van der Waals surface area contributed by atoms with Crippen LogP contribution in [0.1, 0.15) is 5.56 Å². The molecule has 0 spiro atoms. The molecule has 0 radical (unpaired) electrons.